The fraction of sp³-hybridized carbons (Fsp3) is 0.253. The molecule has 15 rings (SSSR count). The van der Waals surface area contributed by atoms with Gasteiger partial charge in [-0.1, -0.05) is 97.9 Å². The molecule has 0 radical (unpaired) electrons. The van der Waals surface area contributed by atoms with Gasteiger partial charge in [0.15, 0.2) is 50.9 Å². The number of aromatic nitrogens is 12. The molecule has 12 aromatic rings. The van der Waals surface area contributed by atoms with Gasteiger partial charge in [0.25, 0.3) is 17.7 Å². The van der Waals surface area contributed by atoms with E-state index in [0.717, 1.165) is 122 Å². The molecule has 746 valence electrons. The van der Waals surface area contributed by atoms with Crippen LogP contribution in [-0.2, 0) is 48.1 Å². The quantitative estimate of drug-likeness (QED) is 0.0138. The number of carboxylic acid groups (broad SMARTS) is 2. The van der Waals surface area contributed by atoms with Gasteiger partial charge in [0.2, 0.25) is 35.7 Å². The Morgan fingerprint density at radius 1 is 0.503 bits per heavy atom. The van der Waals surface area contributed by atoms with E-state index in [1.165, 1.54) is 11.9 Å². The van der Waals surface area contributed by atoms with E-state index in [2.05, 4.69) is 124 Å². The lowest BCUT2D eigenvalue weighted by Gasteiger charge is -2.16. The van der Waals surface area contributed by atoms with Crippen molar-refractivity contribution in [2.24, 2.45) is 71.5 Å². The van der Waals surface area contributed by atoms with Gasteiger partial charge < -0.3 is 101 Å². The highest BCUT2D eigenvalue weighted by Crippen LogP contribution is 2.34. The number of amidine groups is 3. The first-order valence-electron chi connectivity index (χ1n) is 45.0. The zero-order valence-corrected chi connectivity index (χ0v) is 80.2. The number of terminal acetylenes is 3. The maximum absolute atomic E-state index is 12.4. The fourth-order valence-corrected chi connectivity index (χ4v) is 15.7. The van der Waals surface area contributed by atoms with E-state index < -0.39 is 23.9 Å². The number of nitrogens with one attached hydrogen (secondary N) is 8. The topological polar surface area (TPSA) is 827 Å². The molecule has 0 spiro atoms. The molecule has 0 aliphatic heterocycles. The SMILES string of the molecule is C#CCC(Cc1cnc2nc(N)nc(N)c2n1)c1ccc(C(=O)NC(C)C(=O)O)cc1.C#CCC(Cc1cnc2nc(N)nc(N)c2n1)c1ccc(C(=O)NC)cc1.C#CCC(Cc1cnc2nc(N)nc(N)c2n1)c1ccc(C(=O)N[C@H](C)CCC(=O)O)cc1.CC1Cc2c(C(=N)N)cccc2/C1=N/N=C(N)N.CN(/N=C1\CCc2c(C(=N)N)cccc21)C(=N)N.CN=C(N)N/N=C1\CCc2c(C(=N)N)cccc21. The Balaban J connectivity index is 0.000000182. The molecular weight excluding hydrogens is 1850 g/mol. The number of rotatable bonds is 27. The highest BCUT2D eigenvalue weighted by Gasteiger charge is 2.30. The van der Waals surface area contributed by atoms with Crippen LogP contribution in [-0.4, -0.2) is 190 Å². The first-order chi connectivity index (χ1) is 69.2. The molecule has 0 bridgehead atoms. The van der Waals surface area contributed by atoms with E-state index in [1.807, 2.05) is 85.8 Å². The molecule has 46 nitrogen and oxygen atoms in total. The zero-order chi connectivity index (χ0) is 106. The Morgan fingerprint density at radius 2 is 0.883 bits per heavy atom. The third-order valence-corrected chi connectivity index (χ3v) is 22.9. The molecule has 3 amide bonds. The second-order valence-electron chi connectivity index (χ2n) is 33.3. The van der Waals surface area contributed by atoms with E-state index in [0.29, 0.717) is 107 Å². The monoisotopic (exact) mass is 1960 g/mol. The summed E-state index contributed by atoms with van der Waals surface area (Å²) in [5.74, 6) is 6.26. The number of hydrazone groups is 2. The van der Waals surface area contributed by atoms with Gasteiger partial charge >= 0.3 is 11.9 Å². The number of amides is 3. The molecule has 5 unspecified atom stereocenters. The Hall–Kier alpha value is -19.4. The average Bonchev–Trinajstić information content (AvgIpc) is 1.61. The number of aliphatic imine (C=N–C) groups is 1. The molecule has 0 fully saturated rings. The first kappa shape index (κ1) is 108. The number of aliphatic carboxylic acids is 2. The molecule has 6 atom stereocenters. The number of nitrogen functional groups attached to an aromatic ring is 9. The summed E-state index contributed by atoms with van der Waals surface area (Å²) in [6.07, 6.45) is 28.9. The van der Waals surface area contributed by atoms with Crippen LogP contribution in [0.15, 0.2) is 171 Å². The molecule has 46 heteroatoms. The number of nitrogens with zero attached hydrogens (tertiary/aromatic N) is 18. The van der Waals surface area contributed by atoms with E-state index in [4.69, 9.17) is 126 Å². The number of benzene rings is 6. The third kappa shape index (κ3) is 29.1. The van der Waals surface area contributed by atoms with E-state index in [1.54, 1.807) is 95.2 Å². The summed E-state index contributed by atoms with van der Waals surface area (Å²) in [7, 11) is 4.83. The van der Waals surface area contributed by atoms with Crippen molar-refractivity contribution in [3.8, 4) is 37.0 Å². The second-order valence-corrected chi connectivity index (χ2v) is 33.3. The normalized spacial score (nSPS) is 14.2. The summed E-state index contributed by atoms with van der Waals surface area (Å²) >= 11 is 0. The summed E-state index contributed by atoms with van der Waals surface area (Å²) in [6.45, 7) is 5.22. The third-order valence-electron chi connectivity index (χ3n) is 22.9. The fourth-order valence-electron chi connectivity index (χ4n) is 15.7. The predicted molar refractivity (Wildman–Crippen MR) is 560 cm³/mol. The number of nitrogens with two attached hydrogens (primary N) is 13. The van der Waals surface area contributed by atoms with Gasteiger partial charge in [-0.3, -0.25) is 50.6 Å². The molecule has 145 heavy (non-hydrogen) atoms. The number of hydrogen-bond acceptors (Lipinski definition) is 32. The van der Waals surface area contributed by atoms with Gasteiger partial charge in [-0.2, -0.15) is 45.2 Å². The lowest BCUT2D eigenvalue weighted by atomic mass is 9.91. The largest absolute Gasteiger partial charge is 0.481 e. The van der Waals surface area contributed by atoms with Crippen LogP contribution in [0, 0.1) is 64.6 Å². The van der Waals surface area contributed by atoms with Crippen molar-refractivity contribution in [1.82, 2.24) is 86.2 Å². The second kappa shape index (κ2) is 50.3. The Morgan fingerprint density at radius 3 is 1.25 bits per heavy atom. The standard InChI is InChI=1S/C23H25N7O3.C21H21N7O3.C19H19N7O.3C12H16N6/c1-3-4-16(11-17-12-26-21-19(28-17)20(24)29-23(25)30-21)14-6-8-15(9-7-14)22(33)27-13(2)5-10-18(31)32;1-3-4-14(9-15-10-24-18-16(26-15)17(22)27-21(23)28-18)12-5-7-13(8-6-12)19(29)25-11(2)20(30)31;1-3-4-13(11-5-7-12(8-6-11)18(27)22-2)9-14-10-23-17-15(24-14)16(20)25-19(21)26-17;1-18(12(15)16)17-10-6-5-7-8(10)3-2-4-9(7)11(13)14;1-16-12(15)18-17-10-6-5-7-8(10)3-2-4-9(7)11(13)14;1-6-5-9-7(10(6)17-18-12(15)16)3-2-4-8(9)11(13)14/h1,6-9,12-13,16H,4-5,10-11H2,2H3,(H,27,33)(H,31,32)(H4,24,25,26,29,30);1,5-8,10-11,14H,4,9H2,2H3,(H,25,29)(H,30,31)(H4,22,23,24,27,28);1,5-8,10,13H,4,9H2,2H3,(H,22,27)(H4,20,21,23,25,26);2-4H,5-6H2,1H3,(H3,13,14)(H3,15,16);2-4H,5-6H2,1H3,(H3,13,14)(H3,15,16,18);2-4,6H,5H2,1H3,(H3,13,14)(H4,15,16,18)/b;;;3*17-10+/t13-,16?;;;;;/m1...../s1. The van der Waals surface area contributed by atoms with E-state index in [-0.39, 0.29) is 119 Å². The first-order valence-corrected chi connectivity index (χ1v) is 45.0. The van der Waals surface area contributed by atoms with Crippen LogP contribution in [0.2, 0.25) is 0 Å². The minimum Gasteiger partial charge on any atom is -0.481 e. The van der Waals surface area contributed by atoms with Crippen molar-refractivity contribution in [2.45, 2.75) is 134 Å². The lowest BCUT2D eigenvalue weighted by Crippen LogP contribution is -2.38. The predicted octanol–water partition coefficient (Wildman–Crippen LogP) is 5.09. The molecule has 6 aromatic carbocycles. The van der Waals surface area contributed by atoms with Crippen LogP contribution in [0.5, 0.6) is 0 Å². The number of hydrogen-bond donors (Lipinski definition) is 23. The van der Waals surface area contributed by atoms with Crippen molar-refractivity contribution in [2.75, 3.05) is 55.5 Å². The van der Waals surface area contributed by atoms with Gasteiger partial charge in [0, 0.05) is 127 Å². The van der Waals surface area contributed by atoms with Gasteiger partial charge in [-0.15, -0.1) is 42.1 Å². The lowest BCUT2D eigenvalue weighted by molar-refractivity contribution is -0.139. The zero-order valence-electron chi connectivity index (χ0n) is 80.2. The van der Waals surface area contributed by atoms with Crippen LogP contribution in [0.4, 0.5) is 35.3 Å². The van der Waals surface area contributed by atoms with Crippen molar-refractivity contribution in [1.29, 1.82) is 21.6 Å². The van der Waals surface area contributed by atoms with Crippen molar-refractivity contribution < 1.29 is 34.2 Å². The van der Waals surface area contributed by atoms with Crippen molar-refractivity contribution >= 4 is 151 Å². The molecule has 6 heterocycles. The summed E-state index contributed by atoms with van der Waals surface area (Å²) in [6, 6.07) is 37.1. The molecule has 0 saturated carbocycles. The van der Waals surface area contributed by atoms with Gasteiger partial charge in [-0.25, -0.2) is 40.3 Å². The maximum Gasteiger partial charge on any atom is 0.325 e. The van der Waals surface area contributed by atoms with E-state index >= 15 is 0 Å². The molecule has 0 saturated heterocycles. The number of carbonyl (C=O) groups excluding carboxylic acids is 3. The number of fused-ring (bicyclic) bond motifs is 6. The van der Waals surface area contributed by atoms with E-state index in [9.17, 15) is 24.0 Å². The minimum absolute atomic E-state index is 0.00300. The summed E-state index contributed by atoms with van der Waals surface area (Å²) in [4.78, 5) is 112. The Labute approximate surface area is 833 Å². The number of carbonyl (C=O) groups is 5. The van der Waals surface area contributed by atoms with Gasteiger partial charge in [0.05, 0.1) is 52.8 Å². The highest BCUT2D eigenvalue weighted by molar-refractivity contribution is 6.11. The molecular formula is C99H113N39O7. The minimum atomic E-state index is -1.11. The number of anilines is 6. The number of carboxylic acids is 2. The van der Waals surface area contributed by atoms with Crippen LogP contribution in [0.25, 0.3) is 33.5 Å². The van der Waals surface area contributed by atoms with Gasteiger partial charge in [0.1, 0.15) is 23.5 Å². The summed E-state index contributed by atoms with van der Waals surface area (Å²) in [5, 5.41) is 73.2. The Bertz CT molecular complexity index is 7190. The average molecular weight is 1960 g/mol. The summed E-state index contributed by atoms with van der Waals surface area (Å²) in [5.41, 5.74) is 94.9. The molecule has 3 aliphatic carbocycles. The van der Waals surface area contributed by atoms with Crippen LogP contribution < -0.4 is 95.9 Å². The maximum atomic E-state index is 12.4. The highest BCUT2D eigenvalue weighted by atomic mass is 16.4. The molecule has 36 N–H and O–H groups in total. The van der Waals surface area contributed by atoms with Gasteiger partial charge in [-0.05, 0) is 141 Å². The smallest absolute Gasteiger partial charge is 0.325 e. The van der Waals surface area contributed by atoms with Crippen LogP contribution in [0.3, 0.4) is 0 Å². The summed E-state index contributed by atoms with van der Waals surface area (Å²) < 4.78 is 0. The van der Waals surface area contributed by atoms with Crippen molar-refractivity contribution in [3.05, 3.63) is 247 Å². The van der Waals surface area contributed by atoms with Crippen LogP contribution >= 0.6 is 0 Å². The Kier molecular flexibility index (Phi) is 37.3. The van der Waals surface area contributed by atoms with Crippen molar-refractivity contribution in [3.63, 3.8) is 0 Å². The number of guanidine groups is 3. The van der Waals surface area contributed by atoms with Crippen LogP contribution in [0.1, 0.15) is 198 Å². The molecule has 6 aromatic heterocycles. The molecule has 3 aliphatic rings.